The van der Waals surface area contributed by atoms with Gasteiger partial charge in [-0.3, -0.25) is 9.59 Å². The molecule has 3 aromatic carbocycles. The number of benzene rings is 3. The van der Waals surface area contributed by atoms with Gasteiger partial charge in [0, 0.05) is 39.8 Å². The molecule has 3 aromatic rings. The van der Waals surface area contributed by atoms with Crippen LogP contribution >= 0.6 is 23.2 Å². The zero-order valence-corrected chi connectivity index (χ0v) is 20.9. The van der Waals surface area contributed by atoms with Crippen molar-refractivity contribution < 1.29 is 19.4 Å². The summed E-state index contributed by atoms with van der Waals surface area (Å²) in [6.07, 6.45) is 1.25. The second-order valence-corrected chi connectivity index (χ2v) is 9.10. The predicted molar refractivity (Wildman–Crippen MR) is 139 cm³/mol. The summed E-state index contributed by atoms with van der Waals surface area (Å²) < 4.78 is 6.48. The molecule has 0 heterocycles. The van der Waals surface area contributed by atoms with Crippen molar-refractivity contribution in [1.29, 1.82) is 0 Å². The molecule has 8 heteroatoms. The molecule has 0 saturated carbocycles. The Labute approximate surface area is 215 Å². The topological polar surface area (TPSA) is 102 Å². The Morgan fingerprint density at radius 1 is 0.971 bits per heavy atom. The van der Waals surface area contributed by atoms with Crippen molar-refractivity contribution >= 4 is 40.8 Å². The molecule has 184 valence electrons. The minimum absolute atomic E-state index is 0.0366. The van der Waals surface area contributed by atoms with Crippen molar-refractivity contribution in [1.82, 2.24) is 5.32 Å². The van der Waals surface area contributed by atoms with Gasteiger partial charge >= 0.3 is 5.97 Å². The van der Waals surface area contributed by atoms with E-state index in [2.05, 4.69) is 12.2 Å². The van der Waals surface area contributed by atoms with Gasteiger partial charge in [-0.25, -0.2) is 0 Å². The number of amides is 1. The minimum atomic E-state index is -0.960. The molecule has 0 aliphatic carbocycles. The molecule has 4 N–H and O–H groups in total. The van der Waals surface area contributed by atoms with E-state index in [-0.39, 0.29) is 30.9 Å². The van der Waals surface area contributed by atoms with Gasteiger partial charge in [-0.05, 0) is 53.9 Å². The molecule has 3 rings (SSSR count). The maximum absolute atomic E-state index is 12.4. The Morgan fingerprint density at radius 3 is 2.23 bits per heavy atom. The molecule has 0 spiro atoms. The highest BCUT2D eigenvalue weighted by Crippen LogP contribution is 2.39. The summed E-state index contributed by atoms with van der Waals surface area (Å²) in [7, 11) is 0. The summed E-state index contributed by atoms with van der Waals surface area (Å²) in [5.74, 6) is -0.751. The van der Waals surface area contributed by atoms with Gasteiger partial charge in [0.1, 0.15) is 11.9 Å². The van der Waals surface area contributed by atoms with Crippen LogP contribution in [0, 0.1) is 0 Å². The number of aliphatic carboxylic acids is 1. The fraction of sp³-hybridized carbons (Fsp3) is 0.259. The Morgan fingerprint density at radius 2 is 1.63 bits per heavy atom. The van der Waals surface area contributed by atoms with Gasteiger partial charge < -0.3 is 20.9 Å². The molecular formula is C27H28Cl2N2O4. The van der Waals surface area contributed by atoms with Gasteiger partial charge in [-0.2, -0.15) is 0 Å². The first-order chi connectivity index (χ1) is 16.8. The molecule has 0 aromatic heterocycles. The predicted octanol–water partition coefficient (Wildman–Crippen LogP) is 6.48. The number of nitrogen functional groups attached to an aromatic ring is 1. The van der Waals surface area contributed by atoms with E-state index in [0.29, 0.717) is 27.0 Å². The van der Waals surface area contributed by atoms with E-state index in [1.165, 1.54) is 0 Å². The lowest BCUT2D eigenvalue weighted by molar-refractivity contribution is -0.136. The number of nitrogens with two attached hydrogens (primary N) is 1. The van der Waals surface area contributed by atoms with Crippen molar-refractivity contribution in [2.45, 2.75) is 38.2 Å². The molecule has 1 amide bonds. The van der Waals surface area contributed by atoms with E-state index < -0.39 is 5.97 Å². The van der Waals surface area contributed by atoms with E-state index in [9.17, 15) is 9.59 Å². The molecule has 0 bridgehead atoms. The summed E-state index contributed by atoms with van der Waals surface area (Å²) in [6, 6.07) is 20.0. The van der Waals surface area contributed by atoms with Crippen LogP contribution in [0.4, 0.5) is 5.69 Å². The van der Waals surface area contributed by atoms with Crippen LogP contribution < -0.4 is 15.8 Å². The smallest absolute Gasteiger partial charge is 0.305 e. The van der Waals surface area contributed by atoms with E-state index in [1.807, 2.05) is 36.4 Å². The highest BCUT2D eigenvalue weighted by atomic mass is 35.5. The van der Waals surface area contributed by atoms with E-state index in [4.69, 9.17) is 38.8 Å². The highest BCUT2D eigenvalue weighted by molar-refractivity contribution is 6.31. The van der Waals surface area contributed by atoms with Crippen LogP contribution in [0.1, 0.15) is 59.7 Å². The van der Waals surface area contributed by atoms with Gasteiger partial charge in [0.2, 0.25) is 0 Å². The number of nitrogens with one attached hydrogen (secondary N) is 1. The van der Waals surface area contributed by atoms with E-state index in [1.54, 1.807) is 30.3 Å². The summed E-state index contributed by atoms with van der Waals surface area (Å²) in [5, 5.41) is 12.5. The van der Waals surface area contributed by atoms with Crippen LogP contribution in [-0.4, -0.2) is 23.5 Å². The summed E-state index contributed by atoms with van der Waals surface area (Å²) in [4.78, 5) is 23.0. The van der Waals surface area contributed by atoms with Gasteiger partial charge in [0.15, 0.2) is 0 Å². The number of carbonyl (C=O) groups is 2. The number of carboxylic acids is 1. The lowest BCUT2D eigenvalue weighted by Crippen LogP contribution is -2.26. The summed E-state index contributed by atoms with van der Waals surface area (Å²) >= 11 is 12.3. The number of carboxylic acid groups (broad SMARTS) is 1. The lowest BCUT2D eigenvalue weighted by Gasteiger charge is -2.29. The maximum Gasteiger partial charge on any atom is 0.305 e. The van der Waals surface area contributed by atoms with E-state index in [0.717, 1.165) is 24.0 Å². The van der Waals surface area contributed by atoms with Crippen LogP contribution in [0.3, 0.4) is 0 Å². The van der Waals surface area contributed by atoms with Gasteiger partial charge in [0.05, 0.1) is 6.42 Å². The van der Waals surface area contributed by atoms with Gasteiger partial charge in [-0.15, -0.1) is 0 Å². The van der Waals surface area contributed by atoms with Crippen LogP contribution in [0.5, 0.6) is 5.75 Å². The summed E-state index contributed by atoms with van der Waals surface area (Å²) in [5.41, 5.74) is 8.90. The number of rotatable bonds is 11. The molecule has 2 atom stereocenters. The number of ether oxygens (including phenoxy) is 1. The van der Waals surface area contributed by atoms with Crippen molar-refractivity contribution in [3.8, 4) is 5.75 Å². The number of halogens is 2. The number of hydrogen-bond acceptors (Lipinski definition) is 4. The zero-order valence-electron chi connectivity index (χ0n) is 19.3. The van der Waals surface area contributed by atoms with Crippen LogP contribution in [0.25, 0.3) is 0 Å². The normalized spacial score (nSPS) is 12.5. The number of carbonyl (C=O) groups excluding carboxylic acids is 1. The Balaban J connectivity index is 1.91. The fourth-order valence-corrected chi connectivity index (χ4v) is 4.26. The molecule has 0 radical (unpaired) electrons. The quantitative estimate of drug-likeness (QED) is 0.254. The standard InChI is InChI=1S/C27H28Cl2N2O4/c1-2-3-24(17-4-6-19(7-5-17)27(34)31-13-12-25(32)33)26(18-8-10-20(28)11-9-18)35-23-15-21(29)14-22(30)16-23/h4-11,14-16,24,26H,2-3,12-13,30H2,1H3,(H,31,34)(H,32,33)/t24-,26+/m1/s1. The molecule has 0 aliphatic rings. The Hall–Kier alpha value is -3.22. The van der Waals surface area contributed by atoms with E-state index >= 15 is 0 Å². The van der Waals surface area contributed by atoms with Crippen LogP contribution in [-0.2, 0) is 4.79 Å². The van der Waals surface area contributed by atoms with Crippen LogP contribution in [0.15, 0.2) is 66.7 Å². The average molecular weight is 515 g/mol. The maximum atomic E-state index is 12.4. The zero-order chi connectivity index (χ0) is 25.4. The van der Waals surface area contributed by atoms with Crippen molar-refractivity contribution in [3.05, 3.63) is 93.5 Å². The fourth-order valence-electron chi connectivity index (χ4n) is 3.90. The first-order valence-corrected chi connectivity index (χ1v) is 12.1. The molecule has 35 heavy (non-hydrogen) atoms. The molecule has 0 saturated heterocycles. The SMILES string of the molecule is CCC[C@H](c1ccc(C(=O)NCCC(=O)O)cc1)[C@@H](Oc1cc(N)cc(Cl)c1)c1ccc(Cl)cc1. The third-order valence-electron chi connectivity index (χ3n) is 5.55. The molecule has 0 aliphatic heterocycles. The van der Waals surface area contributed by atoms with Crippen molar-refractivity contribution in [3.63, 3.8) is 0 Å². The summed E-state index contributed by atoms with van der Waals surface area (Å²) in [6.45, 7) is 2.18. The Bertz CT molecular complexity index is 1130. The monoisotopic (exact) mass is 514 g/mol. The molecule has 0 fully saturated rings. The largest absolute Gasteiger partial charge is 0.485 e. The van der Waals surface area contributed by atoms with Crippen molar-refractivity contribution in [2.75, 3.05) is 12.3 Å². The third-order valence-corrected chi connectivity index (χ3v) is 6.02. The highest BCUT2D eigenvalue weighted by Gasteiger charge is 2.27. The van der Waals surface area contributed by atoms with Gasteiger partial charge in [-0.1, -0.05) is 60.8 Å². The number of hydrogen-bond donors (Lipinski definition) is 3. The van der Waals surface area contributed by atoms with Crippen LogP contribution in [0.2, 0.25) is 10.0 Å². The molecular weight excluding hydrogens is 487 g/mol. The average Bonchev–Trinajstić information content (AvgIpc) is 2.81. The first kappa shape index (κ1) is 26.4. The van der Waals surface area contributed by atoms with Crippen molar-refractivity contribution in [2.24, 2.45) is 0 Å². The second kappa shape index (κ2) is 12.5. The lowest BCUT2D eigenvalue weighted by atomic mass is 9.85. The molecule has 6 nitrogen and oxygen atoms in total. The van der Waals surface area contributed by atoms with Gasteiger partial charge in [0.25, 0.3) is 5.91 Å². The third kappa shape index (κ3) is 7.64. The second-order valence-electron chi connectivity index (χ2n) is 8.23. The number of anilines is 1. The first-order valence-electron chi connectivity index (χ1n) is 11.3. The molecule has 0 unspecified atom stereocenters. The minimum Gasteiger partial charge on any atom is -0.485 e. The Kier molecular flexibility index (Phi) is 9.40.